The van der Waals surface area contributed by atoms with Gasteiger partial charge in [0.15, 0.2) is 5.78 Å². The Kier molecular flexibility index (Phi) is 10.8. The van der Waals surface area contributed by atoms with Gasteiger partial charge in [-0.2, -0.15) is 26.3 Å². The number of pyridine rings is 1. The number of aromatic nitrogens is 1. The number of carbonyl (C=O) groups is 2. The average molecular weight is 683 g/mol. The Bertz CT molecular complexity index is 1630. The second-order valence-electron chi connectivity index (χ2n) is 12.7. The first-order valence-electron chi connectivity index (χ1n) is 15.5. The Morgan fingerprint density at radius 1 is 0.938 bits per heavy atom. The molecule has 0 amide bonds. The van der Waals surface area contributed by atoms with Gasteiger partial charge in [-0.15, -0.1) is 0 Å². The van der Waals surface area contributed by atoms with Gasteiger partial charge < -0.3 is 15.2 Å². The van der Waals surface area contributed by atoms with Gasteiger partial charge in [0.05, 0.1) is 52.8 Å². The van der Waals surface area contributed by atoms with E-state index in [-0.39, 0.29) is 40.9 Å². The molecule has 13 heteroatoms. The lowest BCUT2D eigenvalue weighted by molar-refractivity contribution is -0.145. The lowest BCUT2D eigenvalue weighted by Crippen LogP contribution is -2.35. The molecule has 0 radical (unpaired) electrons. The first kappa shape index (κ1) is 36.7. The zero-order valence-electron chi connectivity index (χ0n) is 26.9. The van der Waals surface area contributed by atoms with Crippen LogP contribution in [0.4, 0.5) is 36.4 Å². The van der Waals surface area contributed by atoms with Crippen LogP contribution in [0.15, 0.2) is 42.6 Å². The van der Waals surface area contributed by atoms with Crippen molar-refractivity contribution in [3.8, 4) is 16.9 Å². The van der Waals surface area contributed by atoms with Crippen LogP contribution in [0.1, 0.15) is 86.7 Å². The third kappa shape index (κ3) is 8.27. The number of alkyl halides is 6. The SMILES string of the molecule is CCOC(=O)CC1CCC(c2ncc(NCC(=O)C(C)(C)c3cc(C(F)(F)F)cc(C(F)(F)F)c3)c(-c3ccc(F)cc3C)c2O)CC1. The van der Waals surface area contributed by atoms with Gasteiger partial charge in [-0.25, -0.2) is 4.39 Å². The predicted molar refractivity (Wildman–Crippen MR) is 165 cm³/mol. The van der Waals surface area contributed by atoms with Gasteiger partial charge in [0.1, 0.15) is 11.6 Å². The predicted octanol–water partition coefficient (Wildman–Crippen LogP) is 9.13. The maximum absolute atomic E-state index is 14.1. The third-order valence-electron chi connectivity index (χ3n) is 8.98. The smallest absolute Gasteiger partial charge is 0.416 e. The highest BCUT2D eigenvalue weighted by Gasteiger charge is 2.40. The maximum Gasteiger partial charge on any atom is 0.416 e. The average Bonchev–Trinajstić information content (AvgIpc) is 3.00. The van der Waals surface area contributed by atoms with Gasteiger partial charge in [-0.3, -0.25) is 14.6 Å². The van der Waals surface area contributed by atoms with E-state index >= 15 is 0 Å². The van der Waals surface area contributed by atoms with Crippen molar-refractivity contribution < 1.29 is 50.2 Å². The number of ether oxygens (including phenoxy) is 1. The summed E-state index contributed by atoms with van der Waals surface area (Å²) in [4.78, 5) is 29.9. The van der Waals surface area contributed by atoms with E-state index in [1.165, 1.54) is 38.2 Å². The van der Waals surface area contributed by atoms with Gasteiger partial charge >= 0.3 is 18.3 Å². The van der Waals surface area contributed by atoms with Crippen LogP contribution in [-0.4, -0.2) is 35.0 Å². The van der Waals surface area contributed by atoms with E-state index in [0.29, 0.717) is 67.7 Å². The number of nitrogens with zero attached hydrogens (tertiary/aromatic N) is 1. The number of nitrogens with one attached hydrogen (secondary N) is 1. The summed E-state index contributed by atoms with van der Waals surface area (Å²) in [5.74, 6) is -1.77. The normalized spacial score (nSPS) is 17.2. The van der Waals surface area contributed by atoms with Gasteiger partial charge in [-0.05, 0) is 106 Å². The number of anilines is 1. The molecule has 3 aromatic rings. The van der Waals surface area contributed by atoms with Crippen LogP contribution in [0, 0.1) is 18.7 Å². The minimum Gasteiger partial charge on any atom is -0.505 e. The van der Waals surface area contributed by atoms with E-state index < -0.39 is 52.6 Å². The number of halogens is 7. The van der Waals surface area contributed by atoms with Crippen LogP contribution in [0.2, 0.25) is 0 Å². The van der Waals surface area contributed by atoms with E-state index in [4.69, 9.17) is 4.74 Å². The number of benzene rings is 2. The molecule has 6 nitrogen and oxygen atoms in total. The quantitative estimate of drug-likeness (QED) is 0.164. The molecule has 1 aliphatic carbocycles. The number of aromatic hydroxyl groups is 1. The molecule has 4 rings (SSSR count). The Morgan fingerprint density at radius 3 is 2.06 bits per heavy atom. The highest BCUT2D eigenvalue weighted by Crippen LogP contribution is 2.46. The number of hydrogen-bond acceptors (Lipinski definition) is 6. The van der Waals surface area contributed by atoms with Crippen molar-refractivity contribution in [2.75, 3.05) is 18.5 Å². The molecule has 260 valence electrons. The highest BCUT2D eigenvalue weighted by molar-refractivity contribution is 5.94. The summed E-state index contributed by atoms with van der Waals surface area (Å²) in [5, 5.41) is 14.5. The first-order chi connectivity index (χ1) is 22.3. The second kappa shape index (κ2) is 14.1. The Balaban J connectivity index is 1.64. The largest absolute Gasteiger partial charge is 0.505 e. The van der Waals surface area contributed by atoms with Crippen LogP contribution in [0.3, 0.4) is 0 Å². The number of rotatable bonds is 10. The van der Waals surface area contributed by atoms with Crippen molar-refractivity contribution in [1.29, 1.82) is 0 Å². The Hall–Kier alpha value is -4.16. The monoisotopic (exact) mass is 682 g/mol. The maximum atomic E-state index is 14.1. The van der Waals surface area contributed by atoms with Crippen LogP contribution < -0.4 is 5.32 Å². The third-order valence-corrected chi connectivity index (χ3v) is 8.98. The number of ketones is 1. The van der Waals surface area contributed by atoms with Crippen molar-refractivity contribution in [3.05, 3.63) is 76.4 Å². The van der Waals surface area contributed by atoms with Crippen LogP contribution in [0.25, 0.3) is 11.1 Å². The van der Waals surface area contributed by atoms with Gasteiger partial charge in [0.25, 0.3) is 0 Å². The van der Waals surface area contributed by atoms with Crippen molar-refractivity contribution in [1.82, 2.24) is 4.98 Å². The van der Waals surface area contributed by atoms with Gasteiger partial charge in [-0.1, -0.05) is 6.07 Å². The number of aryl methyl sites for hydroxylation is 1. The van der Waals surface area contributed by atoms with Crippen molar-refractivity contribution in [3.63, 3.8) is 0 Å². The summed E-state index contributed by atoms with van der Waals surface area (Å²) in [6.45, 7) is 5.58. The van der Waals surface area contributed by atoms with E-state index in [1.54, 1.807) is 13.8 Å². The number of Topliss-reactive ketones (excluding diaryl/α,β-unsaturated/α-hetero) is 1. The molecule has 0 unspecified atom stereocenters. The molecule has 0 aliphatic heterocycles. The molecule has 2 N–H and O–H groups in total. The number of hydrogen-bond donors (Lipinski definition) is 2. The van der Waals surface area contributed by atoms with E-state index in [2.05, 4.69) is 10.3 Å². The lowest BCUT2D eigenvalue weighted by atomic mass is 9.78. The zero-order chi connectivity index (χ0) is 35.6. The van der Waals surface area contributed by atoms with Crippen LogP contribution in [0.5, 0.6) is 5.75 Å². The fourth-order valence-electron chi connectivity index (χ4n) is 6.10. The molecule has 1 heterocycles. The summed E-state index contributed by atoms with van der Waals surface area (Å²) in [6, 6.07) is 4.99. The topological polar surface area (TPSA) is 88.5 Å². The van der Waals surface area contributed by atoms with E-state index in [0.717, 1.165) is 0 Å². The molecular weight excluding hydrogens is 645 g/mol. The fraction of sp³-hybridized carbons (Fsp3) is 0.457. The highest BCUT2D eigenvalue weighted by atomic mass is 19.4. The van der Waals surface area contributed by atoms with Crippen molar-refractivity contribution >= 4 is 17.4 Å². The molecule has 1 fully saturated rings. The summed E-state index contributed by atoms with van der Waals surface area (Å²) in [6.07, 6.45) is -5.82. The minimum atomic E-state index is -5.08. The van der Waals surface area contributed by atoms with E-state index in [1.807, 2.05) is 0 Å². The molecule has 0 bridgehead atoms. The Morgan fingerprint density at radius 2 is 1.52 bits per heavy atom. The van der Waals surface area contributed by atoms with Crippen molar-refractivity contribution in [2.24, 2.45) is 5.92 Å². The van der Waals surface area contributed by atoms with Crippen LogP contribution in [-0.2, 0) is 32.1 Å². The zero-order valence-corrected chi connectivity index (χ0v) is 26.9. The van der Waals surface area contributed by atoms with Crippen molar-refractivity contribution in [2.45, 2.75) is 83.5 Å². The minimum absolute atomic E-state index is 0.00246. The molecule has 0 atom stereocenters. The number of carbonyl (C=O) groups excluding carboxylic acids is 2. The summed E-state index contributed by atoms with van der Waals surface area (Å²) in [7, 11) is 0. The van der Waals surface area contributed by atoms with Crippen LogP contribution >= 0.6 is 0 Å². The number of esters is 1. The molecule has 1 aromatic heterocycles. The summed E-state index contributed by atoms with van der Waals surface area (Å²) < 4.78 is 100. The Labute approximate surface area is 273 Å². The molecule has 0 saturated heterocycles. The fourth-order valence-corrected chi connectivity index (χ4v) is 6.10. The molecule has 48 heavy (non-hydrogen) atoms. The standard InChI is InChI=1S/C35H37F7N2O4/c1-5-48-29(46)13-20-6-8-21(9-7-20)31-32(47)30(26-11-10-25(36)12-19(26)2)27(17-44-31)43-18-28(45)33(3,4)22-14-23(34(37,38)39)16-24(15-22)35(40,41)42/h10-12,14-17,20-21,43,47H,5-9,13,18H2,1-4H3. The van der Waals surface area contributed by atoms with Gasteiger partial charge in [0.2, 0.25) is 0 Å². The summed E-state index contributed by atoms with van der Waals surface area (Å²) in [5.41, 5.74) is -3.69. The molecule has 1 saturated carbocycles. The lowest BCUT2D eigenvalue weighted by Gasteiger charge is -2.29. The second-order valence-corrected chi connectivity index (χ2v) is 12.7. The molecular formula is C35H37F7N2O4. The van der Waals surface area contributed by atoms with E-state index in [9.17, 15) is 45.4 Å². The first-order valence-corrected chi connectivity index (χ1v) is 15.5. The molecule has 0 spiro atoms. The molecule has 1 aliphatic rings. The van der Waals surface area contributed by atoms with Gasteiger partial charge in [0, 0.05) is 12.3 Å². The summed E-state index contributed by atoms with van der Waals surface area (Å²) >= 11 is 0. The molecule has 2 aromatic carbocycles.